The van der Waals surface area contributed by atoms with Crippen LogP contribution >= 0.6 is 15.9 Å². The summed E-state index contributed by atoms with van der Waals surface area (Å²) < 4.78 is 2.32. The minimum Gasteiger partial charge on any atom is -0.307 e. The number of rotatable bonds is 3. The molecule has 0 saturated heterocycles. The Balaban J connectivity index is 2.20. The van der Waals surface area contributed by atoms with Crippen molar-refractivity contribution in [3.63, 3.8) is 0 Å². The largest absolute Gasteiger partial charge is 0.307 e. The lowest BCUT2D eigenvalue weighted by Gasteiger charge is -2.13. The highest BCUT2D eigenvalue weighted by Crippen LogP contribution is 2.40. The predicted octanol–water partition coefficient (Wildman–Crippen LogP) is 4.10. The summed E-state index contributed by atoms with van der Waals surface area (Å²) in [6.45, 7) is 6.46. The third-order valence-electron chi connectivity index (χ3n) is 3.70. The standard InChI is InChI=1S/C15H18BrN3/c1-9-6-10(2)14(11(3)7-9)15-18-17-13(8-16)19(15)12-4-5-12/h6-7,12H,4-5,8H2,1-3H3. The molecular formula is C15H18BrN3. The summed E-state index contributed by atoms with van der Waals surface area (Å²) >= 11 is 3.52. The van der Waals surface area contributed by atoms with Crippen LogP contribution < -0.4 is 0 Å². The fourth-order valence-corrected chi connectivity index (χ4v) is 3.22. The number of aromatic nitrogens is 3. The number of aryl methyl sites for hydroxylation is 3. The summed E-state index contributed by atoms with van der Waals surface area (Å²) in [5.74, 6) is 2.07. The van der Waals surface area contributed by atoms with Gasteiger partial charge in [0.2, 0.25) is 0 Å². The van der Waals surface area contributed by atoms with Gasteiger partial charge in [-0.25, -0.2) is 0 Å². The van der Waals surface area contributed by atoms with Crippen LogP contribution in [0, 0.1) is 20.8 Å². The predicted molar refractivity (Wildman–Crippen MR) is 80.6 cm³/mol. The Hall–Kier alpha value is -1.16. The van der Waals surface area contributed by atoms with Crippen molar-refractivity contribution in [3.05, 3.63) is 34.6 Å². The van der Waals surface area contributed by atoms with E-state index in [0.29, 0.717) is 6.04 Å². The minimum atomic E-state index is 0.595. The van der Waals surface area contributed by atoms with Crippen molar-refractivity contribution in [1.82, 2.24) is 14.8 Å². The van der Waals surface area contributed by atoms with E-state index in [-0.39, 0.29) is 0 Å². The van der Waals surface area contributed by atoms with Gasteiger partial charge in [-0.3, -0.25) is 0 Å². The molecule has 19 heavy (non-hydrogen) atoms. The second kappa shape index (κ2) is 4.75. The second-order valence-corrected chi connectivity index (χ2v) is 6.01. The smallest absolute Gasteiger partial charge is 0.164 e. The van der Waals surface area contributed by atoms with E-state index in [1.54, 1.807) is 0 Å². The molecule has 3 rings (SSSR count). The zero-order chi connectivity index (χ0) is 13.6. The molecule has 2 aromatic rings. The molecule has 1 aliphatic carbocycles. The van der Waals surface area contributed by atoms with Crippen molar-refractivity contribution in [2.75, 3.05) is 0 Å². The van der Waals surface area contributed by atoms with Crippen LogP contribution in [-0.2, 0) is 5.33 Å². The van der Waals surface area contributed by atoms with Gasteiger partial charge >= 0.3 is 0 Å². The molecule has 0 radical (unpaired) electrons. The maximum absolute atomic E-state index is 4.45. The Morgan fingerprint density at radius 1 is 1.16 bits per heavy atom. The average molecular weight is 320 g/mol. The SMILES string of the molecule is Cc1cc(C)c(-c2nnc(CBr)n2C2CC2)c(C)c1. The molecule has 1 heterocycles. The van der Waals surface area contributed by atoms with E-state index < -0.39 is 0 Å². The zero-order valence-corrected chi connectivity index (χ0v) is 13.2. The Morgan fingerprint density at radius 2 is 1.79 bits per heavy atom. The van der Waals surface area contributed by atoms with Gasteiger partial charge in [0.25, 0.3) is 0 Å². The van der Waals surface area contributed by atoms with Crippen LogP contribution in [0.4, 0.5) is 0 Å². The summed E-state index contributed by atoms with van der Waals surface area (Å²) in [6, 6.07) is 5.04. The van der Waals surface area contributed by atoms with Crippen molar-refractivity contribution in [2.45, 2.75) is 45.0 Å². The first-order valence-electron chi connectivity index (χ1n) is 6.69. The average Bonchev–Trinajstić information content (AvgIpc) is 3.09. The zero-order valence-electron chi connectivity index (χ0n) is 11.6. The number of halogens is 1. The fraction of sp³-hybridized carbons (Fsp3) is 0.467. The summed E-state index contributed by atoms with van der Waals surface area (Å²) in [6.07, 6.45) is 2.49. The minimum absolute atomic E-state index is 0.595. The van der Waals surface area contributed by atoms with Crippen LogP contribution in [0.2, 0.25) is 0 Å². The van der Waals surface area contributed by atoms with E-state index in [2.05, 4.69) is 63.6 Å². The number of hydrogen-bond donors (Lipinski definition) is 0. The molecule has 1 aliphatic rings. The van der Waals surface area contributed by atoms with Gasteiger partial charge in [0.1, 0.15) is 5.82 Å². The third kappa shape index (κ3) is 2.22. The van der Waals surface area contributed by atoms with Gasteiger partial charge in [-0.15, -0.1) is 10.2 Å². The number of nitrogens with zero attached hydrogens (tertiary/aromatic N) is 3. The Bertz CT molecular complexity index is 603. The van der Waals surface area contributed by atoms with Gasteiger partial charge in [-0.1, -0.05) is 33.6 Å². The summed E-state index contributed by atoms with van der Waals surface area (Å²) in [7, 11) is 0. The second-order valence-electron chi connectivity index (χ2n) is 5.45. The topological polar surface area (TPSA) is 30.7 Å². The van der Waals surface area contributed by atoms with E-state index in [1.807, 2.05) is 0 Å². The molecule has 0 atom stereocenters. The first kappa shape index (κ1) is 12.9. The van der Waals surface area contributed by atoms with Gasteiger partial charge in [-0.2, -0.15) is 0 Å². The third-order valence-corrected chi connectivity index (χ3v) is 4.20. The van der Waals surface area contributed by atoms with Crippen LogP contribution in [0.25, 0.3) is 11.4 Å². The Labute approximate surface area is 122 Å². The van der Waals surface area contributed by atoms with Crippen LogP contribution in [0.3, 0.4) is 0 Å². The van der Waals surface area contributed by atoms with Crippen molar-refractivity contribution in [2.24, 2.45) is 0 Å². The molecule has 1 aromatic carbocycles. The molecular weight excluding hydrogens is 302 g/mol. The molecule has 1 saturated carbocycles. The lowest BCUT2D eigenvalue weighted by Crippen LogP contribution is -2.04. The van der Waals surface area contributed by atoms with Crippen molar-refractivity contribution in [3.8, 4) is 11.4 Å². The molecule has 3 nitrogen and oxygen atoms in total. The van der Waals surface area contributed by atoms with E-state index in [1.165, 1.54) is 35.1 Å². The fourth-order valence-electron chi connectivity index (χ4n) is 2.83. The van der Waals surface area contributed by atoms with E-state index >= 15 is 0 Å². The summed E-state index contributed by atoms with van der Waals surface area (Å²) in [4.78, 5) is 0. The van der Waals surface area contributed by atoms with Crippen LogP contribution in [0.1, 0.15) is 41.4 Å². The molecule has 100 valence electrons. The van der Waals surface area contributed by atoms with Crippen LogP contribution in [0.5, 0.6) is 0 Å². The summed E-state index contributed by atoms with van der Waals surface area (Å²) in [5, 5.41) is 9.56. The molecule has 0 amide bonds. The van der Waals surface area contributed by atoms with E-state index in [9.17, 15) is 0 Å². The lowest BCUT2D eigenvalue weighted by molar-refractivity contribution is 0.713. The van der Waals surface area contributed by atoms with Gasteiger partial charge < -0.3 is 4.57 Å². The molecule has 0 N–H and O–H groups in total. The quantitative estimate of drug-likeness (QED) is 0.797. The van der Waals surface area contributed by atoms with Gasteiger partial charge in [0.15, 0.2) is 5.82 Å². The highest BCUT2D eigenvalue weighted by molar-refractivity contribution is 9.08. The van der Waals surface area contributed by atoms with Gasteiger partial charge in [-0.05, 0) is 44.7 Å². The number of benzene rings is 1. The molecule has 1 aromatic heterocycles. The maximum Gasteiger partial charge on any atom is 0.164 e. The van der Waals surface area contributed by atoms with Gasteiger partial charge in [0, 0.05) is 11.6 Å². The van der Waals surface area contributed by atoms with Crippen molar-refractivity contribution >= 4 is 15.9 Å². The first-order chi connectivity index (χ1) is 9.11. The van der Waals surface area contributed by atoms with Crippen LogP contribution in [-0.4, -0.2) is 14.8 Å². The van der Waals surface area contributed by atoms with E-state index in [4.69, 9.17) is 0 Å². The van der Waals surface area contributed by atoms with Crippen molar-refractivity contribution < 1.29 is 0 Å². The van der Waals surface area contributed by atoms with Gasteiger partial charge in [0.05, 0.1) is 5.33 Å². The first-order valence-corrected chi connectivity index (χ1v) is 7.82. The normalized spacial score (nSPS) is 14.9. The molecule has 1 fully saturated rings. The summed E-state index contributed by atoms with van der Waals surface area (Å²) in [5.41, 5.74) is 5.12. The van der Waals surface area contributed by atoms with Crippen molar-refractivity contribution in [1.29, 1.82) is 0 Å². The highest BCUT2D eigenvalue weighted by atomic mass is 79.9. The van der Waals surface area contributed by atoms with Crippen LogP contribution in [0.15, 0.2) is 12.1 Å². The van der Waals surface area contributed by atoms with E-state index in [0.717, 1.165) is 17.0 Å². The maximum atomic E-state index is 4.45. The molecule has 0 unspecified atom stereocenters. The molecule has 0 spiro atoms. The number of alkyl halides is 1. The molecule has 0 bridgehead atoms. The monoisotopic (exact) mass is 319 g/mol. The lowest BCUT2D eigenvalue weighted by atomic mass is 9.99. The Kier molecular flexibility index (Phi) is 3.21. The highest BCUT2D eigenvalue weighted by Gasteiger charge is 2.30. The molecule has 4 heteroatoms. The Morgan fingerprint density at radius 3 is 2.32 bits per heavy atom. The number of hydrogen-bond acceptors (Lipinski definition) is 2. The molecule has 0 aliphatic heterocycles.